The first kappa shape index (κ1) is 22.7. The Morgan fingerprint density at radius 2 is 1.50 bits per heavy atom. The van der Waals surface area contributed by atoms with E-state index in [-0.39, 0.29) is 18.0 Å². The van der Waals surface area contributed by atoms with E-state index in [0.29, 0.717) is 17.2 Å². The van der Waals surface area contributed by atoms with Gasteiger partial charge in [-0.1, -0.05) is 0 Å². The van der Waals surface area contributed by atoms with Crippen LogP contribution in [-0.4, -0.2) is 46.4 Å². The second kappa shape index (κ2) is 10.3. The van der Waals surface area contributed by atoms with Crippen molar-refractivity contribution in [2.24, 2.45) is 0 Å². The monoisotopic (exact) mass is 435 g/mol. The third kappa shape index (κ3) is 7.09. The molecular formula is C19H21N3O7S. The van der Waals surface area contributed by atoms with E-state index in [2.05, 4.69) is 10.6 Å². The molecule has 0 atom stereocenters. The molecule has 0 radical (unpaired) electrons. The van der Waals surface area contributed by atoms with Crippen LogP contribution in [0.3, 0.4) is 0 Å². The fraction of sp³-hybridized carbons (Fsp3) is 0.211. The minimum Gasteiger partial charge on any atom is -0.497 e. The highest BCUT2D eigenvalue weighted by molar-refractivity contribution is 7.90. The van der Waals surface area contributed by atoms with Gasteiger partial charge < -0.3 is 20.1 Å². The van der Waals surface area contributed by atoms with Crippen molar-refractivity contribution in [3.05, 3.63) is 48.5 Å². The maximum Gasteiger partial charge on any atom is 0.264 e. The van der Waals surface area contributed by atoms with Gasteiger partial charge in [-0.15, -0.1) is 0 Å². The summed E-state index contributed by atoms with van der Waals surface area (Å²) in [4.78, 5) is 34.5. The topological polar surface area (TPSA) is 140 Å². The normalized spacial score (nSPS) is 10.6. The third-order valence-corrected chi connectivity index (χ3v) is 5.05. The van der Waals surface area contributed by atoms with Crippen LogP contribution in [0.4, 0.5) is 5.69 Å². The average Bonchev–Trinajstić information content (AvgIpc) is 2.70. The van der Waals surface area contributed by atoms with Gasteiger partial charge in [-0.2, -0.15) is 0 Å². The van der Waals surface area contributed by atoms with Crippen LogP contribution in [-0.2, 0) is 24.4 Å². The van der Waals surface area contributed by atoms with Crippen molar-refractivity contribution >= 4 is 33.4 Å². The van der Waals surface area contributed by atoms with Crippen LogP contribution in [0.2, 0.25) is 0 Å². The molecule has 0 saturated heterocycles. The van der Waals surface area contributed by atoms with Gasteiger partial charge in [0.2, 0.25) is 11.8 Å². The molecule has 30 heavy (non-hydrogen) atoms. The van der Waals surface area contributed by atoms with E-state index >= 15 is 0 Å². The Morgan fingerprint density at radius 3 is 2.07 bits per heavy atom. The molecule has 2 aromatic rings. The van der Waals surface area contributed by atoms with Gasteiger partial charge in [0.05, 0.1) is 18.6 Å². The molecule has 0 aromatic heterocycles. The lowest BCUT2D eigenvalue weighted by molar-refractivity contribution is -0.125. The first-order chi connectivity index (χ1) is 14.2. The van der Waals surface area contributed by atoms with Crippen LogP contribution in [0.5, 0.6) is 11.5 Å². The van der Waals surface area contributed by atoms with E-state index in [9.17, 15) is 22.8 Å². The molecule has 0 spiro atoms. The summed E-state index contributed by atoms with van der Waals surface area (Å²) in [6.07, 6.45) is 0. The summed E-state index contributed by atoms with van der Waals surface area (Å²) >= 11 is 0. The Labute approximate surface area is 173 Å². The molecule has 3 amide bonds. The van der Waals surface area contributed by atoms with Crippen LogP contribution in [0.15, 0.2) is 53.4 Å². The number of rotatable bonds is 9. The zero-order valence-electron chi connectivity index (χ0n) is 16.3. The number of methoxy groups -OCH3 is 1. The van der Waals surface area contributed by atoms with Crippen molar-refractivity contribution in [1.29, 1.82) is 0 Å². The van der Waals surface area contributed by atoms with Gasteiger partial charge in [-0.25, -0.2) is 13.1 Å². The van der Waals surface area contributed by atoms with Crippen molar-refractivity contribution in [3.63, 3.8) is 0 Å². The Bertz CT molecular complexity index is 1000. The molecule has 2 aromatic carbocycles. The van der Waals surface area contributed by atoms with Crippen molar-refractivity contribution in [1.82, 2.24) is 10.0 Å². The first-order valence-electron chi connectivity index (χ1n) is 8.66. The molecule has 160 valence electrons. The lowest BCUT2D eigenvalue weighted by Gasteiger charge is -2.09. The number of carbonyl (C=O) groups excluding carboxylic acids is 3. The van der Waals surface area contributed by atoms with E-state index in [1.165, 1.54) is 31.4 Å². The number of nitrogens with one attached hydrogen (secondary N) is 3. The summed E-state index contributed by atoms with van der Waals surface area (Å²) in [6.45, 7) is 0.522. The van der Waals surface area contributed by atoms with E-state index in [0.717, 1.165) is 6.92 Å². The maximum atomic E-state index is 11.9. The predicted molar refractivity (Wildman–Crippen MR) is 108 cm³/mol. The van der Waals surface area contributed by atoms with E-state index in [4.69, 9.17) is 9.47 Å². The molecule has 0 saturated carbocycles. The minimum atomic E-state index is -3.95. The SMILES string of the molecule is COc1ccc(OCC(=O)NCC(=O)Nc2ccc(S(=O)(=O)NC(C)=O)cc2)cc1. The number of amides is 3. The number of carbonyl (C=O) groups is 3. The van der Waals surface area contributed by atoms with Gasteiger partial charge in [0, 0.05) is 12.6 Å². The predicted octanol–water partition coefficient (Wildman–Crippen LogP) is 0.654. The van der Waals surface area contributed by atoms with Crippen LogP contribution in [0, 0.1) is 0 Å². The summed E-state index contributed by atoms with van der Waals surface area (Å²) in [5.74, 6) is -0.573. The molecule has 2 rings (SSSR count). The highest BCUT2D eigenvalue weighted by Gasteiger charge is 2.15. The van der Waals surface area contributed by atoms with Gasteiger partial charge in [0.25, 0.3) is 15.9 Å². The van der Waals surface area contributed by atoms with Crippen molar-refractivity contribution in [2.45, 2.75) is 11.8 Å². The molecular weight excluding hydrogens is 414 g/mol. The van der Waals surface area contributed by atoms with Crippen molar-refractivity contribution < 1.29 is 32.3 Å². The molecule has 0 heterocycles. The summed E-state index contributed by atoms with van der Waals surface area (Å²) in [5, 5.41) is 4.92. The fourth-order valence-corrected chi connectivity index (χ4v) is 3.21. The number of sulfonamides is 1. The van der Waals surface area contributed by atoms with Crippen LogP contribution < -0.4 is 24.8 Å². The first-order valence-corrected chi connectivity index (χ1v) is 10.1. The summed E-state index contributed by atoms with van der Waals surface area (Å²) < 4.78 is 35.9. The van der Waals surface area contributed by atoms with Crippen LogP contribution >= 0.6 is 0 Å². The molecule has 0 unspecified atom stereocenters. The number of benzene rings is 2. The van der Waals surface area contributed by atoms with Crippen molar-refractivity contribution in [3.8, 4) is 11.5 Å². The lowest BCUT2D eigenvalue weighted by atomic mass is 10.3. The van der Waals surface area contributed by atoms with Gasteiger partial charge in [0.1, 0.15) is 11.5 Å². The number of ether oxygens (including phenoxy) is 2. The lowest BCUT2D eigenvalue weighted by Crippen LogP contribution is -2.35. The summed E-state index contributed by atoms with van der Waals surface area (Å²) in [5.41, 5.74) is 0.325. The number of anilines is 1. The minimum absolute atomic E-state index is 0.125. The Morgan fingerprint density at radius 1 is 0.900 bits per heavy atom. The molecule has 10 nitrogen and oxygen atoms in total. The van der Waals surface area contributed by atoms with E-state index in [1.54, 1.807) is 24.3 Å². The number of hydrogen-bond donors (Lipinski definition) is 3. The zero-order chi connectivity index (χ0) is 22.1. The van der Waals surface area contributed by atoms with E-state index in [1.807, 2.05) is 4.72 Å². The second-order valence-electron chi connectivity index (χ2n) is 5.98. The highest BCUT2D eigenvalue weighted by atomic mass is 32.2. The van der Waals surface area contributed by atoms with Gasteiger partial charge in [0.15, 0.2) is 6.61 Å². The summed E-state index contributed by atoms with van der Waals surface area (Å²) in [7, 11) is -2.41. The Kier molecular flexibility index (Phi) is 7.76. The molecule has 11 heteroatoms. The molecule has 0 fully saturated rings. The average molecular weight is 435 g/mol. The molecule has 0 aliphatic carbocycles. The molecule has 0 aliphatic rings. The summed E-state index contributed by atoms with van der Waals surface area (Å²) in [6, 6.07) is 11.9. The molecule has 3 N–H and O–H groups in total. The Hall–Kier alpha value is -3.60. The van der Waals surface area contributed by atoms with Crippen molar-refractivity contribution in [2.75, 3.05) is 25.6 Å². The Balaban J connectivity index is 1.78. The van der Waals surface area contributed by atoms with Gasteiger partial charge in [-0.05, 0) is 48.5 Å². The fourth-order valence-electron chi connectivity index (χ4n) is 2.22. The zero-order valence-corrected chi connectivity index (χ0v) is 17.1. The third-order valence-electron chi connectivity index (χ3n) is 3.60. The van der Waals surface area contributed by atoms with Gasteiger partial charge >= 0.3 is 0 Å². The molecule has 0 bridgehead atoms. The quantitative estimate of drug-likeness (QED) is 0.525. The highest BCUT2D eigenvalue weighted by Crippen LogP contribution is 2.17. The number of hydrogen-bond acceptors (Lipinski definition) is 7. The standard InChI is InChI=1S/C19H21N3O7S/c1-13(23)22-30(26,27)17-9-3-14(4-10-17)21-18(24)11-20-19(25)12-29-16-7-5-15(28-2)6-8-16/h3-10H,11-12H2,1-2H3,(H,20,25)(H,21,24)(H,22,23). The van der Waals surface area contributed by atoms with E-state index < -0.39 is 27.7 Å². The van der Waals surface area contributed by atoms with Crippen LogP contribution in [0.1, 0.15) is 6.92 Å². The van der Waals surface area contributed by atoms with Crippen LogP contribution in [0.25, 0.3) is 0 Å². The van der Waals surface area contributed by atoms with Gasteiger partial charge in [-0.3, -0.25) is 14.4 Å². The maximum absolute atomic E-state index is 11.9. The smallest absolute Gasteiger partial charge is 0.264 e. The second-order valence-corrected chi connectivity index (χ2v) is 7.66. The largest absolute Gasteiger partial charge is 0.497 e. The molecule has 0 aliphatic heterocycles.